The van der Waals surface area contributed by atoms with Crippen molar-refractivity contribution in [3.05, 3.63) is 94.5 Å². The molecule has 33 heavy (non-hydrogen) atoms. The first kappa shape index (κ1) is 22.0. The number of ketones is 2. The van der Waals surface area contributed by atoms with Crippen LogP contribution < -0.4 is 10.1 Å². The van der Waals surface area contributed by atoms with Crippen LogP contribution in [-0.2, 0) is 14.3 Å². The minimum atomic E-state index is -0.615. The van der Waals surface area contributed by atoms with Gasteiger partial charge in [-0.3, -0.25) is 19.2 Å². The lowest BCUT2D eigenvalue weighted by atomic mass is 9.83. The Bertz CT molecular complexity index is 1260. The van der Waals surface area contributed by atoms with Crippen LogP contribution in [0.15, 0.2) is 66.7 Å². The predicted octanol–water partition coefficient (Wildman–Crippen LogP) is 3.72. The Labute approximate surface area is 190 Å². The summed E-state index contributed by atoms with van der Waals surface area (Å²) >= 11 is 0. The van der Waals surface area contributed by atoms with Crippen LogP contribution >= 0.6 is 0 Å². The maximum atomic E-state index is 13.0. The molecule has 0 aromatic heterocycles. The van der Waals surface area contributed by atoms with Gasteiger partial charge in [0, 0.05) is 16.7 Å². The third-order valence-electron chi connectivity index (χ3n) is 5.16. The molecular formula is C26H21NO6. The second-order valence-corrected chi connectivity index (χ2v) is 7.56. The fourth-order valence-electron chi connectivity index (χ4n) is 3.61. The maximum Gasteiger partial charge on any atom is 0.309 e. The Hall–Kier alpha value is -4.26. The molecule has 0 atom stereocenters. The molecule has 0 radical (unpaired) electrons. The molecule has 0 aliphatic heterocycles. The molecule has 7 heteroatoms. The fourth-order valence-corrected chi connectivity index (χ4v) is 3.61. The first-order chi connectivity index (χ1) is 15.9. The number of fused-ring (bicyclic) bond motifs is 2. The Morgan fingerprint density at radius 2 is 1.55 bits per heavy atom. The van der Waals surface area contributed by atoms with Gasteiger partial charge in [-0.25, -0.2) is 0 Å². The van der Waals surface area contributed by atoms with Crippen LogP contribution in [-0.4, -0.2) is 36.7 Å². The highest BCUT2D eigenvalue weighted by Gasteiger charge is 2.31. The maximum absolute atomic E-state index is 13.0. The van der Waals surface area contributed by atoms with Crippen LogP contribution in [0.5, 0.6) is 5.75 Å². The average molecular weight is 443 g/mol. The lowest BCUT2D eigenvalue weighted by molar-refractivity contribution is -0.147. The predicted molar refractivity (Wildman–Crippen MR) is 121 cm³/mol. The van der Waals surface area contributed by atoms with E-state index < -0.39 is 18.5 Å². The highest BCUT2D eigenvalue weighted by Crippen LogP contribution is 2.31. The van der Waals surface area contributed by atoms with Crippen molar-refractivity contribution in [2.24, 2.45) is 0 Å². The van der Waals surface area contributed by atoms with Crippen LogP contribution in [0.4, 0.5) is 5.69 Å². The SMILES string of the molecule is Cc1cccc(OCCC(=O)OCC(=O)Nc2cccc3c2C(=O)c2ccccc2C3=O)c1. The normalized spacial score (nSPS) is 11.9. The van der Waals surface area contributed by atoms with Gasteiger partial charge in [-0.2, -0.15) is 0 Å². The van der Waals surface area contributed by atoms with Crippen molar-refractivity contribution in [3.8, 4) is 5.75 Å². The number of anilines is 1. The molecule has 0 bridgehead atoms. The van der Waals surface area contributed by atoms with E-state index >= 15 is 0 Å². The number of benzene rings is 3. The van der Waals surface area contributed by atoms with Crippen molar-refractivity contribution in [2.45, 2.75) is 13.3 Å². The third kappa shape index (κ3) is 4.82. The summed E-state index contributed by atoms with van der Waals surface area (Å²) < 4.78 is 10.5. The van der Waals surface area contributed by atoms with Crippen molar-refractivity contribution < 1.29 is 28.7 Å². The molecule has 1 amide bonds. The van der Waals surface area contributed by atoms with Gasteiger partial charge in [0.25, 0.3) is 5.91 Å². The minimum absolute atomic E-state index is 0.0221. The third-order valence-corrected chi connectivity index (χ3v) is 5.16. The van der Waals surface area contributed by atoms with E-state index in [1.807, 2.05) is 25.1 Å². The van der Waals surface area contributed by atoms with E-state index in [9.17, 15) is 19.2 Å². The molecule has 3 aromatic carbocycles. The fraction of sp³-hybridized carbons (Fsp3) is 0.154. The van der Waals surface area contributed by atoms with Gasteiger partial charge in [-0.1, -0.05) is 48.5 Å². The largest absolute Gasteiger partial charge is 0.493 e. The number of rotatable bonds is 7. The summed E-state index contributed by atoms with van der Waals surface area (Å²) in [4.78, 5) is 50.1. The number of hydrogen-bond acceptors (Lipinski definition) is 6. The van der Waals surface area contributed by atoms with Crippen molar-refractivity contribution in [3.63, 3.8) is 0 Å². The van der Waals surface area contributed by atoms with E-state index in [1.54, 1.807) is 42.5 Å². The number of esters is 1. The molecule has 7 nitrogen and oxygen atoms in total. The van der Waals surface area contributed by atoms with Crippen molar-refractivity contribution in [1.29, 1.82) is 0 Å². The Morgan fingerprint density at radius 1 is 0.848 bits per heavy atom. The number of nitrogens with one attached hydrogen (secondary N) is 1. The summed E-state index contributed by atoms with van der Waals surface area (Å²) in [5.41, 5.74) is 2.22. The van der Waals surface area contributed by atoms with Gasteiger partial charge in [0.15, 0.2) is 18.2 Å². The molecule has 0 spiro atoms. The Balaban J connectivity index is 1.34. The molecule has 1 aliphatic carbocycles. The first-order valence-electron chi connectivity index (χ1n) is 10.4. The molecule has 4 rings (SSSR count). The topological polar surface area (TPSA) is 98.8 Å². The van der Waals surface area contributed by atoms with Crippen LogP contribution in [0.25, 0.3) is 0 Å². The van der Waals surface area contributed by atoms with Gasteiger partial charge < -0.3 is 14.8 Å². The Morgan fingerprint density at radius 3 is 2.30 bits per heavy atom. The molecule has 0 fully saturated rings. The number of hydrogen-bond donors (Lipinski definition) is 1. The molecule has 0 saturated heterocycles. The summed E-state index contributed by atoms with van der Waals surface area (Å²) in [6.45, 7) is 1.53. The van der Waals surface area contributed by atoms with Crippen LogP contribution in [0, 0.1) is 6.92 Å². The number of ether oxygens (including phenoxy) is 2. The van der Waals surface area contributed by atoms with Crippen molar-refractivity contribution in [2.75, 3.05) is 18.5 Å². The molecule has 0 saturated carbocycles. The zero-order valence-corrected chi connectivity index (χ0v) is 17.9. The molecule has 3 aromatic rings. The standard InChI is InChI=1S/C26H21NO6/c1-16-6-4-7-17(14-16)32-13-12-23(29)33-15-22(28)27-21-11-5-10-20-24(21)26(31)19-9-3-2-8-18(19)25(20)30/h2-11,14H,12-13,15H2,1H3,(H,27,28). The monoisotopic (exact) mass is 443 g/mol. The quantitative estimate of drug-likeness (QED) is 0.437. The lowest BCUT2D eigenvalue weighted by Gasteiger charge is -2.20. The summed E-state index contributed by atoms with van der Waals surface area (Å²) in [6, 6.07) is 18.7. The van der Waals surface area contributed by atoms with Crippen molar-refractivity contribution in [1.82, 2.24) is 0 Å². The van der Waals surface area contributed by atoms with E-state index in [2.05, 4.69) is 5.32 Å². The average Bonchev–Trinajstić information content (AvgIpc) is 2.81. The molecular weight excluding hydrogens is 422 g/mol. The van der Waals surface area contributed by atoms with E-state index in [4.69, 9.17) is 9.47 Å². The number of aryl methyl sites for hydroxylation is 1. The van der Waals surface area contributed by atoms with Gasteiger partial charge in [0.2, 0.25) is 0 Å². The first-order valence-corrected chi connectivity index (χ1v) is 10.4. The van der Waals surface area contributed by atoms with Crippen LogP contribution in [0.2, 0.25) is 0 Å². The zero-order valence-electron chi connectivity index (χ0n) is 17.9. The van der Waals surface area contributed by atoms with Gasteiger partial charge in [-0.05, 0) is 30.7 Å². The van der Waals surface area contributed by atoms with E-state index in [-0.39, 0.29) is 47.0 Å². The highest BCUT2D eigenvalue weighted by atomic mass is 16.5. The Kier molecular flexibility index (Phi) is 6.31. The van der Waals surface area contributed by atoms with Crippen LogP contribution in [0.1, 0.15) is 43.8 Å². The summed E-state index contributed by atoms with van der Waals surface area (Å²) in [7, 11) is 0. The number of amides is 1. The minimum Gasteiger partial charge on any atom is -0.493 e. The molecule has 0 unspecified atom stereocenters. The summed E-state index contributed by atoms with van der Waals surface area (Å²) in [6.07, 6.45) is -0.0221. The van der Waals surface area contributed by atoms with Gasteiger partial charge >= 0.3 is 5.97 Å². The molecule has 166 valence electrons. The van der Waals surface area contributed by atoms with Gasteiger partial charge in [0.05, 0.1) is 24.3 Å². The second kappa shape index (κ2) is 9.48. The molecule has 0 heterocycles. The zero-order chi connectivity index (χ0) is 23.4. The highest BCUT2D eigenvalue weighted by molar-refractivity contribution is 6.30. The smallest absolute Gasteiger partial charge is 0.309 e. The lowest BCUT2D eigenvalue weighted by Crippen LogP contribution is -2.26. The number of carbonyl (C=O) groups excluding carboxylic acids is 4. The van der Waals surface area contributed by atoms with Crippen molar-refractivity contribution >= 4 is 29.1 Å². The molecule has 1 N–H and O–H groups in total. The summed E-state index contributed by atoms with van der Waals surface area (Å²) in [5.74, 6) is -1.18. The van der Waals surface area contributed by atoms with E-state index in [0.29, 0.717) is 11.3 Å². The number of carbonyl (C=O) groups is 4. The van der Waals surface area contributed by atoms with E-state index in [1.165, 1.54) is 6.07 Å². The van der Waals surface area contributed by atoms with Gasteiger partial charge in [0.1, 0.15) is 5.75 Å². The summed E-state index contributed by atoms with van der Waals surface area (Å²) in [5, 5.41) is 2.57. The van der Waals surface area contributed by atoms with Gasteiger partial charge in [-0.15, -0.1) is 0 Å². The molecule has 1 aliphatic rings. The van der Waals surface area contributed by atoms with Crippen LogP contribution in [0.3, 0.4) is 0 Å². The van der Waals surface area contributed by atoms with E-state index in [0.717, 1.165) is 5.56 Å². The second-order valence-electron chi connectivity index (χ2n) is 7.56.